The number of aromatic amines is 1. The minimum Gasteiger partial charge on any atom is -0.342 e. The fraction of sp³-hybridized carbons (Fsp3) is 0.556. The van der Waals surface area contributed by atoms with Crippen molar-refractivity contribution >= 4 is 16.9 Å². The normalized spacial score (nSPS) is 20.0. The second kappa shape index (κ2) is 6.71. The predicted molar refractivity (Wildman–Crippen MR) is 92.1 cm³/mol. The number of likely N-dealkylation sites (tertiary alicyclic amines) is 1. The highest BCUT2D eigenvalue weighted by Crippen LogP contribution is 2.20. The molecule has 2 heterocycles. The van der Waals surface area contributed by atoms with Crippen molar-refractivity contribution in [2.24, 2.45) is 11.7 Å². The molecule has 0 spiro atoms. The van der Waals surface area contributed by atoms with E-state index in [4.69, 9.17) is 5.73 Å². The lowest BCUT2D eigenvalue weighted by Gasteiger charge is -2.34. The molecule has 1 aliphatic rings. The zero-order valence-corrected chi connectivity index (χ0v) is 14.0. The van der Waals surface area contributed by atoms with Crippen LogP contribution in [0.25, 0.3) is 11.0 Å². The molecule has 0 saturated carbocycles. The summed E-state index contributed by atoms with van der Waals surface area (Å²) in [6.07, 6.45) is 3.35. The van der Waals surface area contributed by atoms with Crippen molar-refractivity contribution in [3.8, 4) is 0 Å². The van der Waals surface area contributed by atoms with E-state index in [1.807, 2.05) is 24.0 Å². The number of para-hydroxylation sites is 1. The third-order valence-electron chi connectivity index (χ3n) is 4.89. The van der Waals surface area contributed by atoms with E-state index in [2.05, 4.69) is 23.0 Å². The third-order valence-corrected chi connectivity index (χ3v) is 4.89. The van der Waals surface area contributed by atoms with E-state index in [1.54, 1.807) is 0 Å². The average Bonchev–Trinajstić information content (AvgIpc) is 2.97. The van der Waals surface area contributed by atoms with Crippen LogP contribution in [0.1, 0.15) is 37.6 Å². The molecule has 23 heavy (non-hydrogen) atoms. The van der Waals surface area contributed by atoms with Crippen molar-refractivity contribution in [2.75, 3.05) is 13.1 Å². The van der Waals surface area contributed by atoms with E-state index in [0.717, 1.165) is 48.4 Å². The molecule has 1 saturated heterocycles. The van der Waals surface area contributed by atoms with Crippen LogP contribution in [0.2, 0.25) is 0 Å². The number of nitrogens with one attached hydrogen (secondary N) is 1. The lowest BCUT2D eigenvalue weighted by Crippen LogP contribution is -2.45. The van der Waals surface area contributed by atoms with Gasteiger partial charge in [-0.2, -0.15) is 0 Å². The highest BCUT2D eigenvalue weighted by Gasteiger charge is 2.25. The monoisotopic (exact) mass is 314 g/mol. The second-order valence-corrected chi connectivity index (χ2v) is 6.76. The first-order chi connectivity index (χ1) is 11.0. The van der Waals surface area contributed by atoms with Crippen molar-refractivity contribution in [3.63, 3.8) is 0 Å². The summed E-state index contributed by atoms with van der Waals surface area (Å²) in [6.45, 7) is 5.76. The molecule has 1 aromatic carbocycles. The molecule has 2 atom stereocenters. The Bertz CT molecular complexity index is 691. The predicted octanol–water partition coefficient (Wildman–Crippen LogP) is 2.39. The Morgan fingerprint density at radius 1 is 1.52 bits per heavy atom. The second-order valence-electron chi connectivity index (χ2n) is 6.76. The van der Waals surface area contributed by atoms with Gasteiger partial charge >= 0.3 is 0 Å². The minimum atomic E-state index is 0.156. The number of nitrogens with zero attached hydrogens (tertiary/aromatic N) is 2. The molecular weight excluding hydrogens is 288 g/mol. The Balaban J connectivity index is 1.60. The molecule has 5 heteroatoms. The van der Waals surface area contributed by atoms with Crippen molar-refractivity contribution in [3.05, 3.63) is 29.6 Å². The van der Waals surface area contributed by atoms with Gasteiger partial charge in [0.15, 0.2) is 0 Å². The number of nitrogens with two attached hydrogens (primary N) is 1. The number of carbonyl (C=O) groups is 1. The summed E-state index contributed by atoms with van der Waals surface area (Å²) >= 11 is 0. The number of hydrogen-bond acceptors (Lipinski definition) is 3. The Hall–Kier alpha value is -1.88. The molecule has 0 radical (unpaired) electrons. The number of piperidine rings is 1. The van der Waals surface area contributed by atoms with E-state index in [-0.39, 0.29) is 11.9 Å². The van der Waals surface area contributed by atoms with Gasteiger partial charge < -0.3 is 15.6 Å². The van der Waals surface area contributed by atoms with Crippen molar-refractivity contribution in [1.82, 2.24) is 14.9 Å². The molecule has 3 rings (SSSR count). The average molecular weight is 314 g/mol. The maximum absolute atomic E-state index is 12.5. The van der Waals surface area contributed by atoms with Crippen LogP contribution in [-0.2, 0) is 11.2 Å². The summed E-state index contributed by atoms with van der Waals surface area (Å²) in [5.41, 5.74) is 9.21. The molecule has 0 aliphatic carbocycles. The van der Waals surface area contributed by atoms with Crippen LogP contribution in [0.5, 0.6) is 0 Å². The van der Waals surface area contributed by atoms with Gasteiger partial charge in [-0.25, -0.2) is 4.98 Å². The van der Waals surface area contributed by atoms with E-state index in [0.29, 0.717) is 18.8 Å². The first kappa shape index (κ1) is 16.0. The molecule has 1 fully saturated rings. The van der Waals surface area contributed by atoms with Crippen molar-refractivity contribution < 1.29 is 4.79 Å². The Morgan fingerprint density at radius 2 is 2.35 bits per heavy atom. The lowest BCUT2D eigenvalue weighted by molar-refractivity contribution is -0.133. The van der Waals surface area contributed by atoms with Crippen LogP contribution >= 0.6 is 0 Å². The smallest absolute Gasteiger partial charge is 0.223 e. The number of amides is 1. The van der Waals surface area contributed by atoms with Gasteiger partial charge in [0.05, 0.1) is 11.0 Å². The molecule has 124 valence electrons. The quantitative estimate of drug-likeness (QED) is 0.910. The molecule has 5 nitrogen and oxygen atoms in total. The van der Waals surface area contributed by atoms with E-state index in [1.165, 1.54) is 0 Å². The van der Waals surface area contributed by atoms with E-state index < -0.39 is 0 Å². The summed E-state index contributed by atoms with van der Waals surface area (Å²) in [6, 6.07) is 6.26. The summed E-state index contributed by atoms with van der Waals surface area (Å²) in [4.78, 5) is 22.4. The molecule has 0 unspecified atom stereocenters. The van der Waals surface area contributed by atoms with E-state index in [9.17, 15) is 4.79 Å². The molecule has 1 aliphatic heterocycles. The van der Waals surface area contributed by atoms with Gasteiger partial charge in [-0.1, -0.05) is 12.1 Å². The Labute approximate surface area is 137 Å². The topological polar surface area (TPSA) is 75.0 Å². The van der Waals surface area contributed by atoms with Crippen molar-refractivity contribution in [1.29, 1.82) is 0 Å². The van der Waals surface area contributed by atoms with Crippen LogP contribution < -0.4 is 5.73 Å². The van der Waals surface area contributed by atoms with Gasteiger partial charge in [-0.15, -0.1) is 0 Å². The first-order valence-electron chi connectivity index (χ1n) is 8.52. The maximum atomic E-state index is 12.5. The van der Waals surface area contributed by atoms with Gasteiger partial charge in [-0.3, -0.25) is 4.79 Å². The number of imidazole rings is 1. The summed E-state index contributed by atoms with van der Waals surface area (Å²) in [7, 11) is 0. The fourth-order valence-corrected chi connectivity index (χ4v) is 3.39. The highest BCUT2D eigenvalue weighted by atomic mass is 16.2. The summed E-state index contributed by atoms with van der Waals surface area (Å²) in [5, 5.41) is 0. The maximum Gasteiger partial charge on any atom is 0.223 e. The summed E-state index contributed by atoms with van der Waals surface area (Å²) < 4.78 is 0. The molecule has 1 amide bonds. The summed E-state index contributed by atoms with van der Waals surface area (Å²) in [5.74, 6) is 1.54. The largest absolute Gasteiger partial charge is 0.342 e. The van der Waals surface area contributed by atoms with Gasteiger partial charge in [0, 0.05) is 32.0 Å². The van der Waals surface area contributed by atoms with Crippen LogP contribution in [0.4, 0.5) is 0 Å². The van der Waals surface area contributed by atoms with Crippen LogP contribution in [0.3, 0.4) is 0 Å². The number of hydrogen-bond donors (Lipinski definition) is 2. The third kappa shape index (κ3) is 3.55. The number of rotatable bonds is 4. The van der Waals surface area contributed by atoms with Gasteiger partial charge in [-0.05, 0) is 44.2 Å². The van der Waals surface area contributed by atoms with E-state index >= 15 is 0 Å². The Morgan fingerprint density at radius 3 is 3.09 bits per heavy atom. The molecular formula is C18H26N4O. The van der Waals surface area contributed by atoms with Crippen LogP contribution in [-0.4, -0.2) is 39.9 Å². The zero-order chi connectivity index (χ0) is 16.4. The van der Waals surface area contributed by atoms with Gasteiger partial charge in [0.25, 0.3) is 0 Å². The number of aryl methyl sites for hydroxylation is 2. The fourth-order valence-electron chi connectivity index (χ4n) is 3.39. The highest BCUT2D eigenvalue weighted by molar-refractivity contribution is 5.79. The number of benzene rings is 1. The number of fused-ring (bicyclic) bond motifs is 1. The lowest BCUT2D eigenvalue weighted by atomic mass is 9.92. The van der Waals surface area contributed by atoms with Crippen molar-refractivity contribution in [2.45, 2.75) is 45.6 Å². The van der Waals surface area contributed by atoms with Crippen LogP contribution in [0, 0.1) is 12.8 Å². The molecule has 2 aromatic rings. The number of H-pyrrole nitrogens is 1. The SMILES string of the molecule is Cc1cccc2[nH]c(CCC(=O)N3CCC[C@@H]([C@@H](C)N)C3)nc12. The first-order valence-corrected chi connectivity index (χ1v) is 8.52. The van der Waals surface area contributed by atoms with Gasteiger partial charge in [0.2, 0.25) is 5.91 Å². The number of aromatic nitrogens is 2. The number of carbonyl (C=O) groups excluding carboxylic acids is 1. The molecule has 3 N–H and O–H groups in total. The minimum absolute atomic E-state index is 0.156. The molecule has 1 aromatic heterocycles. The van der Waals surface area contributed by atoms with Crippen LogP contribution in [0.15, 0.2) is 18.2 Å². The zero-order valence-electron chi connectivity index (χ0n) is 14.0. The standard InChI is InChI=1S/C18H26N4O/c1-12-5-3-7-15-18(12)21-16(20-15)8-9-17(23)22-10-4-6-14(11-22)13(2)19/h3,5,7,13-14H,4,6,8-11,19H2,1-2H3,(H,20,21)/t13-,14-/m1/s1. The molecule has 0 bridgehead atoms. The Kier molecular flexibility index (Phi) is 4.66. The van der Waals surface area contributed by atoms with Gasteiger partial charge in [0.1, 0.15) is 5.82 Å².